The summed E-state index contributed by atoms with van der Waals surface area (Å²) in [5, 5.41) is 6.92. The molecule has 0 saturated carbocycles. The molecule has 0 atom stereocenters. The van der Waals surface area contributed by atoms with Crippen LogP contribution >= 0.6 is 0 Å². The monoisotopic (exact) mass is 247 g/mol. The molecule has 1 saturated heterocycles. The minimum atomic E-state index is 1.09. The highest BCUT2D eigenvalue weighted by atomic mass is 15.2. The lowest BCUT2D eigenvalue weighted by Gasteiger charge is -2.27. The van der Waals surface area contributed by atoms with Crippen molar-refractivity contribution >= 4 is 0 Å². The Hall–Kier alpha value is -0.900. The van der Waals surface area contributed by atoms with Gasteiger partial charge in [-0.25, -0.2) is 0 Å². The Morgan fingerprint density at radius 1 is 1.06 bits per heavy atom. The normalized spacial score (nSPS) is 16.9. The van der Waals surface area contributed by atoms with E-state index in [1.54, 1.807) is 0 Å². The second-order valence-corrected chi connectivity index (χ2v) is 4.93. The van der Waals surface area contributed by atoms with Gasteiger partial charge in [-0.15, -0.1) is 0 Å². The van der Waals surface area contributed by atoms with E-state index in [1.807, 2.05) is 0 Å². The first-order valence-electron chi connectivity index (χ1n) is 7.13. The van der Waals surface area contributed by atoms with Crippen LogP contribution in [-0.4, -0.2) is 50.7 Å². The number of benzene rings is 1. The fourth-order valence-corrected chi connectivity index (χ4v) is 2.36. The number of rotatable bonds is 7. The van der Waals surface area contributed by atoms with Gasteiger partial charge in [-0.2, -0.15) is 0 Å². The first kappa shape index (κ1) is 13.5. The molecular formula is C15H25N3. The van der Waals surface area contributed by atoms with Crippen molar-refractivity contribution < 1.29 is 0 Å². The van der Waals surface area contributed by atoms with E-state index >= 15 is 0 Å². The van der Waals surface area contributed by atoms with Crippen molar-refractivity contribution in [1.82, 2.24) is 15.5 Å². The first-order chi connectivity index (χ1) is 8.95. The molecule has 2 N–H and O–H groups in total. The average Bonchev–Trinajstić information content (AvgIpc) is 2.45. The lowest BCUT2D eigenvalue weighted by Crippen LogP contribution is -2.44. The predicted octanol–water partition coefficient (Wildman–Crippen LogP) is 1.11. The van der Waals surface area contributed by atoms with Crippen molar-refractivity contribution in [1.29, 1.82) is 0 Å². The summed E-state index contributed by atoms with van der Waals surface area (Å²) < 4.78 is 0. The predicted molar refractivity (Wildman–Crippen MR) is 76.9 cm³/mol. The summed E-state index contributed by atoms with van der Waals surface area (Å²) in [6.07, 6.45) is 2.39. The Morgan fingerprint density at radius 3 is 2.61 bits per heavy atom. The van der Waals surface area contributed by atoms with Gasteiger partial charge in [0.15, 0.2) is 0 Å². The smallest absolute Gasteiger partial charge is 0.0107 e. The third kappa shape index (κ3) is 5.17. The maximum Gasteiger partial charge on any atom is 0.0107 e. The molecule has 0 aromatic heterocycles. The molecular weight excluding hydrogens is 222 g/mol. The highest BCUT2D eigenvalue weighted by Gasteiger charge is 2.07. The van der Waals surface area contributed by atoms with Crippen molar-refractivity contribution in [3.63, 3.8) is 0 Å². The standard InChI is InChI=1S/C15H25N3/c1-2-5-15(6-3-1)7-9-16-8-4-12-18-13-10-17-11-14-18/h1-3,5-6,16-17H,4,7-14H2. The minimum Gasteiger partial charge on any atom is -0.316 e. The van der Waals surface area contributed by atoms with Gasteiger partial charge in [-0.3, -0.25) is 0 Å². The van der Waals surface area contributed by atoms with Crippen LogP contribution in [0.4, 0.5) is 0 Å². The van der Waals surface area contributed by atoms with E-state index < -0.39 is 0 Å². The third-order valence-electron chi connectivity index (χ3n) is 3.47. The molecule has 1 heterocycles. The van der Waals surface area contributed by atoms with Crippen molar-refractivity contribution in [2.24, 2.45) is 0 Å². The molecule has 18 heavy (non-hydrogen) atoms. The van der Waals surface area contributed by atoms with Crippen LogP contribution in [0.3, 0.4) is 0 Å². The third-order valence-corrected chi connectivity index (χ3v) is 3.47. The average molecular weight is 247 g/mol. The topological polar surface area (TPSA) is 27.3 Å². The van der Waals surface area contributed by atoms with Crippen LogP contribution in [0.2, 0.25) is 0 Å². The number of nitrogens with one attached hydrogen (secondary N) is 2. The maximum absolute atomic E-state index is 3.53. The fraction of sp³-hybridized carbons (Fsp3) is 0.600. The molecule has 0 aliphatic carbocycles. The van der Waals surface area contributed by atoms with E-state index in [1.165, 1.54) is 31.6 Å². The number of piperazine rings is 1. The van der Waals surface area contributed by atoms with E-state index in [4.69, 9.17) is 0 Å². The molecule has 3 nitrogen and oxygen atoms in total. The molecule has 0 radical (unpaired) electrons. The summed E-state index contributed by atoms with van der Waals surface area (Å²) in [5.74, 6) is 0. The van der Waals surface area contributed by atoms with Crippen LogP contribution in [0.15, 0.2) is 30.3 Å². The minimum absolute atomic E-state index is 1.09. The van der Waals surface area contributed by atoms with E-state index in [-0.39, 0.29) is 0 Å². The van der Waals surface area contributed by atoms with Gasteiger partial charge in [-0.1, -0.05) is 30.3 Å². The Morgan fingerprint density at radius 2 is 1.83 bits per heavy atom. The zero-order chi connectivity index (χ0) is 12.5. The van der Waals surface area contributed by atoms with Crippen LogP contribution in [0, 0.1) is 0 Å². The number of hydrogen-bond acceptors (Lipinski definition) is 3. The lowest BCUT2D eigenvalue weighted by atomic mass is 10.1. The van der Waals surface area contributed by atoms with Crippen molar-refractivity contribution in [3.8, 4) is 0 Å². The van der Waals surface area contributed by atoms with Crippen molar-refractivity contribution in [2.75, 3.05) is 45.8 Å². The summed E-state index contributed by atoms with van der Waals surface area (Å²) >= 11 is 0. The van der Waals surface area contributed by atoms with Crippen LogP contribution < -0.4 is 10.6 Å². The van der Waals surface area contributed by atoms with Gasteiger partial charge < -0.3 is 15.5 Å². The van der Waals surface area contributed by atoms with Crippen LogP contribution in [0.1, 0.15) is 12.0 Å². The fourth-order valence-electron chi connectivity index (χ4n) is 2.36. The van der Waals surface area contributed by atoms with Crippen LogP contribution in [0.25, 0.3) is 0 Å². The van der Waals surface area contributed by atoms with Gasteiger partial charge >= 0.3 is 0 Å². The number of nitrogens with zero attached hydrogens (tertiary/aromatic N) is 1. The molecule has 1 aliphatic heterocycles. The Labute approximate surface area is 111 Å². The van der Waals surface area contributed by atoms with Gasteiger partial charge in [0.1, 0.15) is 0 Å². The van der Waals surface area contributed by atoms with Gasteiger partial charge in [0.05, 0.1) is 0 Å². The van der Waals surface area contributed by atoms with Crippen LogP contribution in [0.5, 0.6) is 0 Å². The summed E-state index contributed by atoms with van der Waals surface area (Å²) in [4.78, 5) is 2.55. The van der Waals surface area contributed by atoms with E-state index in [2.05, 4.69) is 45.9 Å². The van der Waals surface area contributed by atoms with Crippen LogP contribution in [-0.2, 0) is 6.42 Å². The molecule has 0 unspecified atom stereocenters. The maximum atomic E-state index is 3.53. The molecule has 0 bridgehead atoms. The van der Waals surface area contributed by atoms with Crippen molar-refractivity contribution in [3.05, 3.63) is 35.9 Å². The highest BCUT2D eigenvalue weighted by Crippen LogP contribution is 1.98. The number of hydrogen-bond donors (Lipinski definition) is 2. The second kappa shape index (κ2) is 8.25. The SMILES string of the molecule is c1ccc(CCNCCCN2CCNCC2)cc1. The molecule has 0 amide bonds. The molecule has 0 spiro atoms. The zero-order valence-electron chi connectivity index (χ0n) is 11.2. The molecule has 2 rings (SSSR count). The summed E-state index contributed by atoms with van der Waals surface area (Å²) in [7, 11) is 0. The summed E-state index contributed by atoms with van der Waals surface area (Å²) in [6.45, 7) is 8.19. The highest BCUT2D eigenvalue weighted by molar-refractivity contribution is 5.14. The van der Waals surface area contributed by atoms with Gasteiger partial charge in [0, 0.05) is 26.2 Å². The van der Waals surface area contributed by atoms with E-state index in [9.17, 15) is 0 Å². The van der Waals surface area contributed by atoms with Gasteiger partial charge in [0.25, 0.3) is 0 Å². The molecule has 100 valence electrons. The molecule has 1 aliphatic rings. The quantitative estimate of drug-likeness (QED) is 0.707. The van der Waals surface area contributed by atoms with E-state index in [0.29, 0.717) is 0 Å². The lowest BCUT2D eigenvalue weighted by molar-refractivity contribution is 0.238. The van der Waals surface area contributed by atoms with Gasteiger partial charge in [0.2, 0.25) is 0 Å². The van der Waals surface area contributed by atoms with E-state index in [0.717, 1.165) is 32.6 Å². The molecule has 1 aromatic rings. The Bertz CT molecular complexity index is 307. The largest absolute Gasteiger partial charge is 0.316 e. The summed E-state index contributed by atoms with van der Waals surface area (Å²) in [5.41, 5.74) is 1.42. The molecule has 1 fully saturated rings. The first-order valence-corrected chi connectivity index (χ1v) is 7.13. The molecule has 1 aromatic carbocycles. The van der Waals surface area contributed by atoms with Gasteiger partial charge in [-0.05, 0) is 38.0 Å². The Balaban J connectivity index is 1.46. The van der Waals surface area contributed by atoms with Crippen molar-refractivity contribution in [2.45, 2.75) is 12.8 Å². The zero-order valence-corrected chi connectivity index (χ0v) is 11.2. The molecule has 3 heteroatoms. The Kier molecular flexibility index (Phi) is 6.20. The summed E-state index contributed by atoms with van der Waals surface area (Å²) in [6, 6.07) is 10.7. The second-order valence-electron chi connectivity index (χ2n) is 4.93.